The van der Waals surface area contributed by atoms with E-state index in [1.807, 2.05) is 6.92 Å². The Hall–Kier alpha value is -3.04. The number of nitrogens with one attached hydrogen (secondary N) is 1. The van der Waals surface area contributed by atoms with E-state index in [-0.39, 0.29) is 34.1 Å². The molecule has 0 radical (unpaired) electrons. The molecule has 2 amide bonds. The predicted molar refractivity (Wildman–Crippen MR) is 103 cm³/mol. The molecule has 146 valence electrons. The van der Waals surface area contributed by atoms with Crippen LogP contribution in [0.25, 0.3) is 0 Å². The van der Waals surface area contributed by atoms with Crippen LogP contribution in [-0.2, 0) is 19.2 Å². The molecule has 28 heavy (non-hydrogen) atoms. The summed E-state index contributed by atoms with van der Waals surface area (Å²) >= 11 is 2.47. The number of terminal acetylenes is 1. The van der Waals surface area contributed by atoms with Crippen molar-refractivity contribution >= 4 is 51.7 Å². The predicted octanol–water partition coefficient (Wildman–Crippen LogP) is -0.164. The number of carbonyl (C=O) groups is 3. The van der Waals surface area contributed by atoms with Crippen LogP contribution in [0.5, 0.6) is 0 Å². The van der Waals surface area contributed by atoms with Crippen molar-refractivity contribution in [3.05, 3.63) is 22.8 Å². The summed E-state index contributed by atoms with van der Waals surface area (Å²) in [5, 5.41) is 16.7. The zero-order valence-electron chi connectivity index (χ0n) is 14.5. The number of carboxylic acids is 1. The van der Waals surface area contributed by atoms with E-state index < -0.39 is 29.2 Å². The van der Waals surface area contributed by atoms with Crippen LogP contribution in [0.3, 0.4) is 0 Å². The van der Waals surface area contributed by atoms with Gasteiger partial charge in [-0.3, -0.25) is 14.5 Å². The molecular weight excluding hydrogens is 406 g/mol. The van der Waals surface area contributed by atoms with Gasteiger partial charge in [-0.05, 0) is 13.0 Å². The summed E-state index contributed by atoms with van der Waals surface area (Å²) in [5.41, 5.74) is 5.50. The molecule has 0 aromatic carbocycles. The summed E-state index contributed by atoms with van der Waals surface area (Å²) in [6.45, 7) is 1.65. The molecule has 2 aliphatic heterocycles. The molecule has 1 saturated heterocycles. The van der Waals surface area contributed by atoms with Gasteiger partial charge in [0, 0.05) is 10.6 Å². The molecule has 1 aromatic rings. The monoisotopic (exact) mass is 421 g/mol. The van der Waals surface area contributed by atoms with Crippen molar-refractivity contribution in [3.63, 3.8) is 0 Å². The van der Waals surface area contributed by atoms with Crippen LogP contribution in [0, 0.1) is 12.3 Å². The Morgan fingerprint density at radius 1 is 1.57 bits per heavy atom. The molecule has 2 unspecified atom stereocenters. The standard InChI is InChI=1S/C16H15N5O5S2/c1-3-4-26-20-10(8-6-27-16(17)18-8)12(22)19-11-13(23)21-9(15(24)25)5-7(2)28-14(11)21/h1,5-7,11,14H,4H2,2H3,(H2,17,18)(H,19,22)(H,24,25)/t7?,11?,14-/m0/s1. The fourth-order valence-corrected chi connectivity index (χ4v) is 4.55. The Labute approximate surface area is 167 Å². The van der Waals surface area contributed by atoms with Gasteiger partial charge < -0.3 is 21.0 Å². The number of nitrogens with zero attached hydrogens (tertiary/aromatic N) is 3. The molecule has 0 spiro atoms. The first-order valence-corrected chi connectivity index (χ1v) is 9.75. The molecule has 0 saturated carbocycles. The maximum atomic E-state index is 12.7. The van der Waals surface area contributed by atoms with Crippen LogP contribution >= 0.6 is 23.1 Å². The zero-order valence-corrected chi connectivity index (χ0v) is 16.1. The summed E-state index contributed by atoms with van der Waals surface area (Å²) in [7, 11) is 0. The van der Waals surface area contributed by atoms with Crippen LogP contribution < -0.4 is 11.1 Å². The summed E-state index contributed by atoms with van der Waals surface area (Å²) < 4.78 is 0. The number of thiazole rings is 1. The third kappa shape index (κ3) is 3.67. The number of carboxylic acid groups (broad SMARTS) is 1. The third-order valence-electron chi connectivity index (χ3n) is 3.84. The fourth-order valence-electron chi connectivity index (χ4n) is 2.67. The highest BCUT2D eigenvalue weighted by molar-refractivity contribution is 8.00. The minimum absolute atomic E-state index is 0.0923. The first kappa shape index (κ1) is 19.7. The van der Waals surface area contributed by atoms with Crippen LogP contribution in [0.15, 0.2) is 22.3 Å². The number of nitrogen functional groups attached to an aromatic ring is 1. The molecule has 3 rings (SSSR count). The topological polar surface area (TPSA) is 147 Å². The molecule has 0 bridgehead atoms. The van der Waals surface area contributed by atoms with Crippen molar-refractivity contribution < 1.29 is 24.3 Å². The third-order valence-corrected chi connectivity index (χ3v) is 5.84. The van der Waals surface area contributed by atoms with Crippen molar-refractivity contribution in [2.24, 2.45) is 5.16 Å². The van der Waals surface area contributed by atoms with E-state index in [1.165, 1.54) is 23.2 Å². The number of amides is 2. The normalized spacial score (nSPS) is 23.8. The SMILES string of the molecule is C#CCON=C(C(=O)NC1C(=O)N2C(C(=O)O)=CC(C)S[C@@H]12)c1csc(N)n1. The highest BCUT2D eigenvalue weighted by Gasteiger charge is 2.54. The van der Waals surface area contributed by atoms with Crippen LogP contribution in [0.2, 0.25) is 0 Å². The van der Waals surface area contributed by atoms with Crippen LogP contribution in [0.1, 0.15) is 12.6 Å². The van der Waals surface area contributed by atoms with E-state index in [9.17, 15) is 19.5 Å². The molecular formula is C16H15N5O5S2. The van der Waals surface area contributed by atoms with Gasteiger partial charge in [-0.1, -0.05) is 11.1 Å². The number of oxime groups is 1. The highest BCUT2D eigenvalue weighted by atomic mass is 32.2. The van der Waals surface area contributed by atoms with Gasteiger partial charge in [0.15, 0.2) is 17.5 Å². The number of aliphatic carboxylic acids is 1. The van der Waals surface area contributed by atoms with Gasteiger partial charge in [0.05, 0.1) is 0 Å². The number of hydrogen-bond donors (Lipinski definition) is 3. The Morgan fingerprint density at radius 2 is 2.32 bits per heavy atom. The second kappa shape index (κ2) is 7.91. The number of hydrogen-bond acceptors (Lipinski definition) is 9. The molecule has 2 aliphatic rings. The number of thioether (sulfide) groups is 1. The van der Waals surface area contributed by atoms with Crippen molar-refractivity contribution in [1.29, 1.82) is 0 Å². The molecule has 10 nitrogen and oxygen atoms in total. The maximum Gasteiger partial charge on any atom is 0.352 e. The number of rotatable bonds is 6. The number of β-lactam (4-membered cyclic amide) rings is 1. The summed E-state index contributed by atoms with van der Waals surface area (Å²) in [6.07, 6.45) is 6.60. The van der Waals surface area contributed by atoms with E-state index in [0.29, 0.717) is 0 Å². The lowest BCUT2D eigenvalue weighted by atomic mass is 10.0. The van der Waals surface area contributed by atoms with Gasteiger partial charge in [-0.15, -0.1) is 29.5 Å². The Bertz CT molecular complexity index is 934. The van der Waals surface area contributed by atoms with Crippen molar-refractivity contribution in [2.45, 2.75) is 23.6 Å². The molecule has 1 aromatic heterocycles. The van der Waals surface area contributed by atoms with E-state index in [4.69, 9.17) is 17.0 Å². The summed E-state index contributed by atoms with van der Waals surface area (Å²) in [4.78, 5) is 46.6. The minimum Gasteiger partial charge on any atom is -0.477 e. The van der Waals surface area contributed by atoms with Crippen molar-refractivity contribution in [2.75, 3.05) is 12.3 Å². The Kier molecular flexibility index (Phi) is 5.57. The lowest BCUT2D eigenvalue weighted by Crippen LogP contribution is -2.71. The van der Waals surface area contributed by atoms with E-state index in [2.05, 4.69) is 21.4 Å². The van der Waals surface area contributed by atoms with Crippen LogP contribution in [-0.4, -0.2) is 61.8 Å². The van der Waals surface area contributed by atoms with Gasteiger partial charge in [-0.2, -0.15) is 0 Å². The first-order valence-electron chi connectivity index (χ1n) is 7.92. The molecule has 0 aliphatic carbocycles. The molecule has 3 heterocycles. The van der Waals surface area contributed by atoms with Gasteiger partial charge in [0.2, 0.25) is 0 Å². The number of anilines is 1. The lowest BCUT2D eigenvalue weighted by Gasteiger charge is -2.49. The largest absolute Gasteiger partial charge is 0.477 e. The highest BCUT2D eigenvalue weighted by Crippen LogP contribution is 2.40. The maximum absolute atomic E-state index is 12.7. The van der Waals surface area contributed by atoms with Gasteiger partial charge in [0.25, 0.3) is 11.8 Å². The average molecular weight is 421 g/mol. The second-order valence-electron chi connectivity index (χ2n) is 5.74. The summed E-state index contributed by atoms with van der Waals surface area (Å²) in [5.74, 6) is -0.208. The lowest BCUT2D eigenvalue weighted by molar-refractivity contribution is -0.150. The van der Waals surface area contributed by atoms with E-state index in [0.717, 1.165) is 16.2 Å². The van der Waals surface area contributed by atoms with Gasteiger partial charge in [-0.25, -0.2) is 9.78 Å². The quantitative estimate of drug-likeness (QED) is 0.189. The molecule has 12 heteroatoms. The smallest absolute Gasteiger partial charge is 0.352 e. The Morgan fingerprint density at radius 3 is 2.93 bits per heavy atom. The number of aromatic nitrogens is 1. The Balaban J connectivity index is 1.78. The zero-order chi connectivity index (χ0) is 20.4. The molecule has 3 atom stereocenters. The number of carbonyl (C=O) groups excluding carboxylic acids is 2. The first-order chi connectivity index (χ1) is 13.3. The minimum atomic E-state index is -1.20. The van der Waals surface area contributed by atoms with Crippen LogP contribution in [0.4, 0.5) is 5.13 Å². The van der Waals surface area contributed by atoms with Crippen molar-refractivity contribution in [1.82, 2.24) is 15.2 Å². The number of fused-ring (bicyclic) bond motifs is 1. The van der Waals surface area contributed by atoms with Gasteiger partial charge in [0.1, 0.15) is 22.8 Å². The van der Waals surface area contributed by atoms with E-state index >= 15 is 0 Å². The fraction of sp³-hybridized carbons (Fsp3) is 0.312. The molecule has 1 fully saturated rings. The second-order valence-corrected chi connectivity index (χ2v) is 8.13. The van der Waals surface area contributed by atoms with E-state index in [1.54, 1.807) is 0 Å². The number of nitrogens with two attached hydrogens (primary N) is 1. The molecule has 4 N–H and O–H groups in total. The summed E-state index contributed by atoms with van der Waals surface area (Å²) in [6, 6.07) is -0.906. The average Bonchev–Trinajstić information content (AvgIpc) is 3.08. The van der Waals surface area contributed by atoms with Crippen molar-refractivity contribution in [3.8, 4) is 12.3 Å². The van der Waals surface area contributed by atoms with Gasteiger partial charge >= 0.3 is 5.97 Å².